The largest absolute Gasteiger partial charge is 0.480 e. The second-order valence-corrected chi connectivity index (χ2v) is 3.32. The fourth-order valence-corrected chi connectivity index (χ4v) is 1.08. The highest BCUT2D eigenvalue weighted by Gasteiger charge is 2.18. The Kier molecular flexibility index (Phi) is 4.72. The van der Waals surface area contributed by atoms with Crippen LogP contribution in [0.1, 0.15) is 6.92 Å². The van der Waals surface area contributed by atoms with Crippen LogP contribution < -0.4 is 11.5 Å². The van der Waals surface area contributed by atoms with E-state index in [-0.39, 0.29) is 5.25 Å². The average molecular weight is 176 g/mol. The highest BCUT2D eigenvalue weighted by Crippen LogP contribution is 2.13. The number of rotatable bonds is 4. The van der Waals surface area contributed by atoms with E-state index >= 15 is 0 Å². The first kappa shape index (κ1) is 10.3. The number of aliphatic carboxylic acids is 1. The summed E-state index contributed by atoms with van der Waals surface area (Å²) in [6.07, 6.45) is 1.36. The molecule has 0 aromatic carbocycles. The summed E-state index contributed by atoms with van der Waals surface area (Å²) in [6, 6.07) is -0.837. The first-order valence-corrected chi connectivity index (χ1v) is 4.04. The minimum Gasteiger partial charge on any atom is -0.480 e. The van der Waals surface area contributed by atoms with Crippen LogP contribution >= 0.6 is 11.8 Å². The Morgan fingerprint density at radius 1 is 1.73 bits per heavy atom. The van der Waals surface area contributed by atoms with Crippen LogP contribution in [0.5, 0.6) is 0 Å². The molecule has 4 nitrogen and oxygen atoms in total. The molecule has 0 heterocycles. The van der Waals surface area contributed by atoms with Gasteiger partial charge in [-0.3, -0.25) is 4.79 Å². The van der Waals surface area contributed by atoms with Gasteiger partial charge >= 0.3 is 5.97 Å². The van der Waals surface area contributed by atoms with E-state index in [0.29, 0.717) is 0 Å². The lowest BCUT2D eigenvalue weighted by molar-refractivity contribution is -0.138. The van der Waals surface area contributed by atoms with Crippen LogP contribution in [0.25, 0.3) is 0 Å². The highest BCUT2D eigenvalue weighted by atomic mass is 32.2. The number of nitrogens with two attached hydrogens (primary N) is 2. The Balaban J connectivity index is 3.82. The summed E-state index contributed by atoms with van der Waals surface area (Å²) in [6.45, 7) is 1.74. The van der Waals surface area contributed by atoms with Gasteiger partial charge in [0.1, 0.15) is 6.04 Å². The number of carboxylic acid groups (broad SMARTS) is 1. The van der Waals surface area contributed by atoms with Gasteiger partial charge in [0.2, 0.25) is 0 Å². The molecule has 0 spiro atoms. The fraction of sp³-hybridized carbons (Fsp3) is 0.500. The zero-order valence-electron chi connectivity index (χ0n) is 6.23. The first-order valence-electron chi connectivity index (χ1n) is 3.10. The summed E-state index contributed by atoms with van der Waals surface area (Å²) in [4.78, 5) is 10.3. The van der Waals surface area contributed by atoms with Crippen LogP contribution in [0, 0.1) is 0 Å². The molecule has 0 rings (SSSR count). The van der Waals surface area contributed by atoms with Crippen molar-refractivity contribution in [2.75, 3.05) is 0 Å². The normalized spacial score (nSPS) is 16.5. The van der Waals surface area contributed by atoms with Gasteiger partial charge in [0.15, 0.2) is 0 Å². The van der Waals surface area contributed by atoms with Gasteiger partial charge < -0.3 is 16.6 Å². The molecule has 0 unspecified atom stereocenters. The van der Waals surface area contributed by atoms with Crippen LogP contribution in [-0.4, -0.2) is 22.4 Å². The standard InChI is InChI=1S/C6H12N2O2S/c1-4(11-3-2-7)5(8)6(9)10/h2-5H,7-8H2,1H3,(H,9,10)/b3-2-/t4-,5+/m0/s1. The van der Waals surface area contributed by atoms with Gasteiger partial charge in [-0.2, -0.15) is 0 Å². The lowest BCUT2D eigenvalue weighted by Gasteiger charge is -2.12. The van der Waals surface area contributed by atoms with Crippen LogP contribution in [0.4, 0.5) is 0 Å². The third-order valence-electron chi connectivity index (χ3n) is 1.16. The summed E-state index contributed by atoms with van der Waals surface area (Å²) in [5.41, 5.74) is 10.4. The average Bonchev–Trinajstić information content (AvgIpc) is 1.98. The van der Waals surface area contributed by atoms with Crippen molar-refractivity contribution < 1.29 is 9.90 Å². The molecule has 0 aromatic heterocycles. The maximum atomic E-state index is 10.3. The fourth-order valence-electron chi connectivity index (χ4n) is 0.455. The van der Waals surface area contributed by atoms with E-state index in [0.717, 1.165) is 0 Å². The van der Waals surface area contributed by atoms with E-state index < -0.39 is 12.0 Å². The number of carboxylic acids is 1. The number of hydrogen-bond acceptors (Lipinski definition) is 4. The van der Waals surface area contributed by atoms with E-state index in [4.69, 9.17) is 16.6 Å². The number of carbonyl (C=O) groups is 1. The molecule has 0 aliphatic rings. The molecule has 5 N–H and O–H groups in total. The number of hydrogen-bond donors (Lipinski definition) is 3. The Hall–Kier alpha value is -0.680. The van der Waals surface area contributed by atoms with Crippen molar-refractivity contribution >= 4 is 17.7 Å². The molecule has 0 aromatic rings. The van der Waals surface area contributed by atoms with Crippen molar-refractivity contribution in [3.8, 4) is 0 Å². The molecule has 0 radical (unpaired) electrons. The number of thioether (sulfide) groups is 1. The second-order valence-electron chi connectivity index (χ2n) is 2.03. The van der Waals surface area contributed by atoms with E-state index in [1.807, 2.05) is 0 Å². The third kappa shape index (κ3) is 3.90. The molecular formula is C6H12N2O2S. The summed E-state index contributed by atoms with van der Waals surface area (Å²) in [5, 5.41) is 9.92. The molecule has 0 fully saturated rings. The Morgan fingerprint density at radius 2 is 2.27 bits per heavy atom. The Labute approximate surface area is 69.6 Å². The molecule has 0 bridgehead atoms. The zero-order valence-corrected chi connectivity index (χ0v) is 7.04. The summed E-state index contributed by atoms with van der Waals surface area (Å²) in [5.74, 6) is -0.990. The van der Waals surface area contributed by atoms with Gasteiger partial charge in [0, 0.05) is 11.4 Å². The molecule has 64 valence electrons. The maximum Gasteiger partial charge on any atom is 0.321 e. The van der Waals surface area contributed by atoms with Crippen LogP contribution in [-0.2, 0) is 4.79 Å². The predicted molar refractivity (Wildman–Crippen MR) is 46.0 cm³/mol. The van der Waals surface area contributed by atoms with E-state index in [1.165, 1.54) is 18.0 Å². The quantitative estimate of drug-likeness (QED) is 0.559. The van der Waals surface area contributed by atoms with E-state index in [2.05, 4.69) is 0 Å². The summed E-state index contributed by atoms with van der Waals surface area (Å²) < 4.78 is 0. The lowest BCUT2D eigenvalue weighted by atomic mass is 10.2. The first-order chi connectivity index (χ1) is 5.09. The van der Waals surface area contributed by atoms with Crippen molar-refractivity contribution in [2.24, 2.45) is 11.5 Å². The van der Waals surface area contributed by atoms with E-state index in [1.54, 1.807) is 12.3 Å². The Morgan fingerprint density at radius 3 is 2.64 bits per heavy atom. The van der Waals surface area contributed by atoms with Gasteiger partial charge in [0.05, 0.1) is 0 Å². The molecule has 0 saturated carbocycles. The van der Waals surface area contributed by atoms with Crippen molar-refractivity contribution in [3.05, 3.63) is 11.6 Å². The lowest BCUT2D eigenvalue weighted by Crippen LogP contribution is -2.38. The monoisotopic (exact) mass is 176 g/mol. The van der Waals surface area contributed by atoms with Gasteiger partial charge in [-0.05, 0) is 5.41 Å². The van der Waals surface area contributed by atoms with Crippen LogP contribution in [0.3, 0.4) is 0 Å². The summed E-state index contributed by atoms with van der Waals surface area (Å²) >= 11 is 1.30. The van der Waals surface area contributed by atoms with Crippen molar-refractivity contribution in [1.29, 1.82) is 0 Å². The molecule has 11 heavy (non-hydrogen) atoms. The van der Waals surface area contributed by atoms with Gasteiger partial charge in [0.25, 0.3) is 0 Å². The van der Waals surface area contributed by atoms with Crippen LogP contribution in [0.15, 0.2) is 11.6 Å². The molecule has 0 aliphatic heterocycles. The molecule has 0 amide bonds. The third-order valence-corrected chi connectivity index (χ3v) is 2.20. The minimum atomic E-state index is -0.990. The van der Waals surface area contributed by atoms with Crippen molar-refractivity contribution in [3.63, 3.8) is 0 Å². The maximum absolute atomic E-state index is 10.3. The van der Waals surface area contributed by atoms with Crippen molar-refractivity contribution in [1.82, 2.24) is 0 Å². The molecular weight excluding hydrogens is 164 g/mol. The zero-order chi connectivity index (χ0) is 8.85. The van der Waals surface area contributed by atoms with Crippen molar-refractivity contribution in [2.45, 2.75) is 18.2 Å². The molecule has 0 saturated heterocycles. The van der Waals surface area contributed by atoms with Gasteiger partial charge in [-0.25, -0.2) is 0 Å². The second kappa shape index (κ2) is 5.03. The minimum absolute atomic E-state index is 0.160. The van der Waals surface area contributed by atoms with Gasteiger partial charge in [-0.1, -0.05) is 6.92 Å². The highest BCUT2D eigenvalue weighted by molar-refractivity contribution is 8.02. The molecule has 2 atom stereocenters. The molecule has 5 heteroatoms. The van der Waals surface area contributed by atoms with E-state index in [9.17, 15) is 4.79 Å². The van der Waals surface area contributed by atoms with Gasteiger partial charge in [-0.15, -0.1) is 11.8 Å². The predicted octanol–water partition coefficient (Wildman–Crippen LogP) is -0.0501. The molecule has 0 aliphatic carbocycles. The smallest absolute Gasteiger partial charge is 0.321 e. The SMILES string of the molecule is C[C@H](S/C=C\N)[C@@H](N)C(=O)O. The van der Waals surface area contributed by atoms with Crippen LogP contribution in [0.2, 0.25) is 0 Å². The topological polar surface area (TPSA) is 89.3 Å². The summed E-state index contributed by atoms with van der Waals surface area (Å²) in [7, 11) is 0. The Bertz CT molecular complexity index is 161.